The third kappa shape index (κ3) is 4.52. The van der Waals surface area contributed by atoms with E-state index in [1.54, 1.807) is 4.90 Å². The van der Waals surface area contributed by atoms with E-state index in [9.17, 15) is 18.4 Å². The Morgan fingerprint density at radius 2 is 1.96 bits per heavy atom. The van der Waals surface area contributed by atoms with E-state index in [2.05, 4.69) is 5.32 Å². The van der Waals surface area contributed by atoms with Gasteiger partial charge in [-0.3, -0.25) is 14.5 Å². The molecule has 0 bridgehead atoms. The standard InChI is InChI=1S/C17H21F2N3O3/c18-12-3-4-14(13(19)10-12)20-16(23)11-21-5-7-22(8-6-21)17(24)15-2-1-9-25-15/h3-4,10,15H,1-2,5-9,11H2,(H,20,23)/t15-/m0/s1. The van der Waals surface area contributed by atoms with Crippen molar-refractivity contribution in [2.75, 3.05) is 44.6 Å². The number of amides is 2. The van der Waals surface area contributed by atoms with Crippen molar-refractivity contribution in [3.63, 3.8) is 0 Å². The first-order valence-electron chi connectivity index (χ1n) is 8.40. The maximum atomic E-state index is 13.6. The number of rotatable bonds is 4. The lowest BCUT2D eigenvalue weighted by atomic mass is 10.2. The molecule has 0 spiro atoms. The van der Waals surface area contributed by atoms with Gasteiger partial charge in [0.2, 0.25) is 5.91 Å². The van der Waals surface area contributed by atoms with Crippen LogP contribution in [0.2, 0.25) is 0 Å². The summed E-state index contributed by atoms with van der Waals surface area (Å²) in [5.41, 5.74) is -0.0430. The van der Waals surface area contributed by atoms with Crippen molar-refractivity contribution in [3.05, 3.63) is 29.8 Å². The minimum atomic E-state index is -0.805. The van der Waals surface area contributed by atoms with Gasteiger partial charge < -0.3 is 15.0 Å². The van der Waals surface area contributed by atoms with Crippen molar-refractivity contribution in [2.24, 2.45) is 0 Å². The van der Waals surface area contributed by atoms with E-state index in [-0.39, 0.29) is 30.2 Å². The minimum absolute atomic E-state index is 0.0231. The van der Waals surface area contributed by atoms with Crippen LogP contribution in [-0.4, -0.2) is 67.0 Å². The number of carbonyl (C=O) groups is 2. The lowest BCUT2D eigenvalue weighted by Crippen LogP contribution is -2.52. The highest BCUT2D eigenvalue weighted by atomic mass is 19.1. The van der Waals surface area contributed by atoms with E-state index in [4.69, 9.17) is 4.74 Å². The summed E-state index contributed by atoms with van der Waals surface area (Å²) in [5.74, 6) is -1.85. The summed E-state index contributed by atoms with van der Waals surface area (Å²) in [6.45, 7) is 2.94. The molecule has 0 unspecified atom stereocenters. The van der Waals surface area contributed by atoms with E-state index < -0.39 is 11.6 Å². The molecule has 2 fully saturated rings. The Kier molecular flexibility index (Phi) is 5.60. The molecular formula is C17H21F2N3O3. The summed E-state index contributed by atoms with van der Waals surface area (Å²) in [6, 6.07) is 3.01. The summed E-state index contributed by atoms with van der Waals surface area (Å²) in [6.07, 6.45) is 1.36. The highest BCUT2D eigenvalue weighted by Crippen LogP contribution is 2.17. The predicted molar refractivity (Wildman–Crippen MR) is 87.0 cm³/mol. The lowest BCUT2D eigenvalue weighted by Gasteiger charge is -2.35. The molecule has 6 nitrogen and oxygen atoms in total. The van der Waals surface area contributed by atoms with Crippen LogP contribution in [0.3, 0.4) is 0 Å². The Labute approximate surface area is 144 Å². The molecule has 1 N–H and O–H groups in total. The van der Waals surface area contributed by atoms with E-state index in [1.165, 1.54) is 6.07 Å². The number of nitrogens with zero attached hydrogens (tertiary/aromatic N) is 2. The zero-order valence-electron chi connectivity index (χ0n) is 13.8. The molecule has 1 aromatic carbocycles. The molecule has 0 saturated carbocycles. The first kappa shape index (κ1) is 17.8. The number of piperazine rings is 1. The Morgan fingerprint density at radius 3 is 2.60 bits per heavy atom. The molecule has 0 aliphatic carbocycles. The molecule has 25 heavy (non-hydrogen) atoms. The van der Waals surface area contributed by atoms with E-state index in [1.807, 2.05) is 4.90 Å². The molecule has 2 aliphatic heterocycles. The number of benzene rings is 1. The summed E-state index contributed by atoms with van der Waals surface area (Å²) < 4.78 is 31.8. The monoisotopic (exact) mass is 353 g/mol. The Balaban J connectivity index is 1.45. The average Bonchev–Trinajstić information content (AvgIpc) is 3.12. The maximum Gasteiger partial charge on any atom is 0.251 e. The number of nitrogens with one attached hydrogen (secondary N) is 1. The molecule has 0 aromatic heterocycles. The molecule has 3 rings (SSSR count). The average molecular weight is 353 g/mol. The summed E-state index contributed by atoms with van der Waals surface area (Å²) in [4.78, 5) is 28.0. The van der Waals surface area contributed by atoms with Gasteiger partial charge in [-0.05, 0) is 25.0 Å². The fourth-order valence-electron chi connectivity index (χ4n) is 3.09. The van der Waals surface area contributed by atoms with Gasteiger partial charge >= 0.3 is 0 Å². The second-order valence-electron chi connectivity index (χ2n) is 6.28. The van der Waals surface area contributed by atoms with Crippen molar-refractivity contribution < 1.29 is 23.1 Å². The molecule has 1 atom stereocenters. The quantitative estimate of drug-likeness (QED) is 0.884. The van der Waals surface area contributed by atoms with Crippen molar-refractivity contribution >= 4 is 17.5 Å². The number of carbonyl (C=O) groups excluding carboxylic acids is 2. The summed E-state index contributed by atoms with van der Waals surface area (Å²) >= 11 is 0. The number of halogens is 2. The minimum Gasteiger partial charge on any atom is -0.368 e. The second-order valence-corrected chi connectivity index (χ2v) is 6.28. The molecule has 8 heteroatoms. The SMILES string of the molecule is O=C(CN1CCN(C(=O)[C@@H]2CCCO2)CC1)Nc1ccc(F)cc1F. The van der Waals surface area contributed by atoms with Crippen LogP contribution in [0.25, 0.3) is 0 Å². The Morgan fingerprint density at radius 1 is 1.20 bits per heavy atom. The van der Waals surface area contributed by atoms with Crippen LogP contribution in [0.5, 0.6) is 0 Å². The molecule has 2 aliphatic rings. The second kappa shape index (κ2) is 7.88. The fraction of sp³-hybridized carbons (Fsp3) is 0.529. The third-order valence-electron chi connectivity index (χ3n) is 4.46. The third-order valence-corrected chi connectivity index (χ3v) is 4.46. The lowest BCUT2D eigenvalue weighted by molar-refractivity contribution is -0.142. The molecular weight excluding hydrogens is 332 g/mol. The summed E-state index contributed by atoms with van der Waals surface area (Å²) in [7, 11) is 0. The Hall–Kier alpha value is -2.06. The number of anilines is 1. The zero-order chi connectivity index (χ0) is 17.8. The number of hydrogen-bond donors (Lipinski definition) is 1. The molecule has 2 heterocycles. The molecule has 136 valence electrons. The van der Waals surface area contributed by atoms with Crippen LogP contribution >= 0.6 is 0 Å². The fourth-order valence-corrected chi connectivity index (χ4v) is 3.09. The molecule has 2 saturated heterocycles. The van der Waals surface area contributed by atoms with Gasteiger partial charge in [-0.2, -0.15) is 0 Å². The highest BCUT2D eigenvalue weighted by molar-refractivity contribution is 5.92. The maximum absolute atomic E-state index is 13.6. The highest BCUT2D eigenvalue weighted by Gasteiger charge is 2.30. The van der Waals surface area contributed by atoms with Crippen LogP contribution in [0, 0.1) is 11.6 Å². The van der Waals surface area contributed by atoms with Gasteiger partial charge in [0.05, 0.1) is 12.2 Å². The van der Waals surface area contributed by atoms with Gasteiger partial charge in [0.15, 0.2) is 0 Å². The van der Waals surface area contributed by atoms with Gasteiger partial charge in [-0.1, -0.05) is 0 Å². The van der Waals surface area contributed by atoms with Gasteiger partial charge in [-0.25, -0.2) is 8.78 Å². The molecule has 2 amide bonds. The van der Waals surface area contributed by atoms with Crippen molar-refractivity contribution in [2.45, 2.75) is 18.9 Å². The topological polar surface area (TPSA) is 61.9 Å². The largest absolute Gasteiger partial charge is 0.368 e. The van der Waals surface area contributed by atoms with E-state index in [0.29, 0.717) is 32.8 Å². The van der Waals surface area contributed by atoms with E-state index >= 15 is 0 Å². The van der Waals surface area contributed by atoms with Crippen molar-refractivity contribution in [1.82, 2.24) is 9.80 Å². The van der Waals surface area contributed by atoms with Crippen molar-refractivity contribution in [3.8, 4) is 0 Å². The number of ether oxygens (including phenoxy) is 1. The van der Waals surface area contributed by atoms with Crippen LogP contribution in [-0.2, 0) is 14.3 Å². The van der Waals surface area contributed by atoms with Gasteiger partial charge in [0.1, 0.15) is 17.7 Å². The van der Waals surface area contributed by atoms with Crippen LogP contribution in [0.1, 0.15) is 12.8 Å². The van der Waals surface area contributed by atoms with Gasteiger partial charge in [0.25, 0.3) is 5.91 Å². The summed E-state index contributed by atoms with van der Waals surface area (Å²) in [5, 5.41) is 2.44. The van der Waals surface area contributed by atoms with Gasteiger partial charge in [0, 0.05) is 38.9 Å². The van der Waals surface area contributed by atoms with Crippen molar-refractivity contribution in [1.29, 1.82) is 0 Å². The Bertz CT molecular complexity index is 642. The predicted octanol–water partition coefficient (Wildman–Crippen LogP) is 1.23. The van der Waals surface area contributed by atoms with E-state index in [0.717, 1.165) is 25.0 Å². The first-order chi connectivity index (χ1) is 12.0. The van der Waals surface area contributed by atoms with Crippen LogP contribution in [0.15, 0.2) is 18.2 Å². The molecule has 0 radical (unpaired) electrons. The normalized spacial score (nSPS) is 21.4. The smallest absolute Gasteiger partial charge is 0.251 e. The van der Waals surface area contributed by atoms with Gasteiger partial charge in [-0.15, -0.1) is 0 Å². The molecule has 1 aromatic rings. The van der Waals surface area contributed by atoms with Crippen LogP contribution < -0.4 is 5.32 Å². The zero-order valence-corrected chi connectivity index (χ0v) is 13.8. The number of hydrogen-bond acceptors (Lipinski definition) is 4. The van der Waals surface area contributed by atoms with Crippen LogP contribution in [0.4, 0.5) is 14.5 Å². The first-order valence-corrected chi connectivity index (χ1v) is 8.40.